The van der Waals surface area contributed by atoms with Crippen molar-refractivity contribution >= 4 is 29.1 Å². The third-order valence-electron chi connectivity index (χ3n) is 2.70. The minimum Gasteiger partial charge on any atom is -0.303 e. The largest absolute Gasteiger partial charge is 0.303 e. The Morgan fingerprint density at radius 3 is 3.19 bits per heavy atom. The van der Waals surface area contributed by atoms with Crippen molar-refractivity contribution in [3.8, 4) is 0 Å². The highest BCUT2D eigenvalue weighted by Crippen LogP contribution is 2.09. The number of aromatic nitrogens is 3. The molecular weight excluding hydrogens is 288 g/mol. The van der Waals surface area contributed by atoms with Gasteiger partial charge in [0.25, 0.3) is 0 Å². The smallest absolute Gasteiger partial charge is 0.236 e. The first kappa shape index (κ1) is 13.5. The second kappa shape index (κ2) is 6.31. The predicted molar refractivity (Wildman–Crippen MR) is 81.2 cm³/mol. The maximum Gasteiger partial charge on any atom is 0.236 e. The van der Waals surface area contributed by atoms with Gasteiger partial charge in [-0.15, -0.1) is 5.10 Å². The van der Waals surface area contributed by atoms with Crippen molar-refractivity contribution in [3.05, 3.63) is 48.0 Å². The van der Waals surface area contributed by atoms with Gasteiger partial charge in [-0.1, -0.05) is 30.0 Å². The van der Waals surface area contributed by atoms with Crippen LogP contribution in [0, 0.1) is 0 Å². The summed E-state index contributed by atoms with van der Waals surface area (Å²) in [5, 5.41) is 15.2. The molecule has 1 aromatic heterocycles. The van der Waals surface area contributed by atoms with Gasteiger partial charge in [-0.05, 0) is 17.2 Å². The topological polar surface area (TPSA) is 84.5 Å². The summed E-state index contributed by atoms with van der Waals surface area (Å²) in [6.45, 7) is 0.655. The molecule has 3 rings (SSSR count). The number of nitrogens with one attached hydrogen (secondary N) is 1. The van der Waals surface area contributed by atoms with E-state index in [0.29, 0.717) is 17.5 Å². The molecule has 1 aliphatic rings. The lowest BCUT2D eigenvalue weighted by Gasteiger charge is -2.01. The van der Waals surface area contributed by atoms with Crippen molar-refractivity contribution in [2.75, 3.05) is 5.75 Å². The predicted octanol–water partition coefficient (Wildman–Crippen LogP) is 0.879. The second-order valence-corrected chi connectivity index (χ2v) is 5.29. The first-order valence-corrected chi connectivity index (χ1v) is 7.23. The van der Waals surface area contributed by atoms with Gasteiger partial charge in [-0.25, -0.2) is 9.67 Å². The van der Waals surface area contributed by atoms with Gasteiger partial charge in [-0.3, -0.25) is 4.79 Å². The summed E-state index contributed by atoms with van der Waals surface area (Å²) in [6.07, 6.45) is 4.84. The third-order valence-corrected chi connectivity index (χ3v) is 3.57. The van der Waals surface area contributed by atoms with Crippen LogP contribution in [0.15, 0.2) is 47.1 Å². The van der Waals surface area contributed by atoms with Crippen LogP contribution in [0.25, 0.3) is 0 Å². The summed E-state index contributed by atoms with van der Waals surface area (Å²) in [5.41, 5.74) is 2.03. The van der Waals surface area contributed by atoms with Crippen LogP contribution < -0.4 is 5.32 Å². The molecule has 2 aromatic rings. The monoisotopic (exact) mass is 300 g/mol. The summed E-state index contributed by atoms with van der Waals surface area (Å²) in [5.74, 6) is 0.366. The summed E-state index contributed by atoms with van der Waals surface area (Å²) in [7, 11) is 0. The molecule has 0 aliphatic carbocycles. The van der Waals surface area contributed by atoms with Crippen LogP contribution >= 0.6 is 11.8 Å². The lowest BCUT2D eigenvalue weighted by Crippen LogP contribution is -2.19. The number of hydrogen-bond donors (Lipinski definition) is 1. The molecule has 1 aliphatic heterocycles. The second-order valence-electron chi connectivity index (χ2n) is 4.32. The van der Waals surface area contributed by atoms with Crippen LogP contribution in [-0.2, 0) is 11.3 Å². The number of hydrogen-bond acceptors (Lipinski definition) is 6. The van der Waals surface area contributed by atoms with E-state index in [-0.39, 0.29) is 5.91 Å². The van der Waals surface area contributed by atoms with Crippen LogP contribution in [0.5, 0.6) is 0 Å². The molecule has 7 nitrogen and oxygen atoms in total. The van der Waals surface area contributed by atoms with Crippen molar-refractivity contribution in [1.29, 1.82) is 0 Å². The van der Waals surface area contributed by atoms with E-state index in [1.54, 1.807) is 17.2 Å². The van der Waals surface area contributed by atoms with Crippen LogP contribution in [0.2, 0.25) is 0 Å². The summed E-state index contributed by atoms with van der Waals surface area (Å²) in [6, 6.07) is 7.91. The summed E-state index contributed by atoms with van der Waals surface area (Å²) < 4.78 is 1.75. The molecule has 0 spiro atoms. The Bertz CT molecular complexity index is 694. The SMILES string of the molecule is O=C1CSC(=NN=Cc2cccc(Cn3cncn3)c2)N1. The van der Waals surface area contributed by atoms with E-state index in [2.05, 4.69) is 25.6 Å². The Morgan fingerprint density at radius 1 is 1.48 bits per heavy atom. The van der Waals surface area contributed by atoms with Gasteiger partial charge in [0.1, 0.15) is 12.7 Å². The zero-order valence-electron chi connectivity index (χ0n) is 11.0. The number of carbonyl (C=O) groups excluding carboxylic acids is 1. The molecule has 1 aromatic carbocycles. The lowest BCUT2D eigenvalue weighted by molar-refractivity contribution is -0.116. The standard InChI is InChI=1S/C13H12N6OS/c20-12-7-21-13(17-12)18-15-5-10-2-1-3-11(4-10)6-19-9-14-8-16-19/h1-5,8-9H,6-7H2,(H,17,18,20). The lowest BCUT2D eigenvalue weighted by atomic mass is 10.1. The zero-order chi connectivity index (χ0) is 14.5. The van der Waals surface area contributed by atoms with Crippen molar-refractivity contribution in [3.63, 3.8) is 0 Å². The number of amidine groups is 1. The number of benzene rings is 1. The normalized spacial score (nSPS) is 16.8. The van der Waals surface area contributed by atoms with Gasteiger partial charge in [0.2, 0.25) is 5.91 Å². The Labute approximate surface area is 125 Å². The maximum atomic E-state index is 11.0. The van der Waals surface area contributed by atoms with E-state index in [4.69, 9.17) is 0 Å². The molecule has 0 saturated carbocycles. The van der Waals surface area contributed by atoms with Gasteiger partial charge in [-0.2, -0.15) is 10.2 Å². The average Bonchev–Trinajstić information content (AvgIpc) is 3.11. The van der Waals surface area contributed by atoms with Crippen molar-refractivity contribution in [2.24, 2.45) is 10.2 Å². The molecule has 1 N–H and O–H groups in total. The van der Waals surface area contributed by atoms with E-state index in [1.807, 2.05) is 24.3 Å². The minimum atomic E-state index is -0.0382. The molecule has 0 atom stereocenters. The van der Waals surface area contributed by atoms with Gasteiger partial charge in [0, 0.05) is 0 Å². The molecule has 1 saturated heterocycles. The molecule has 2 heterocycles. The van der Waals surface area contributed by atoms with Gasteiger partial charge in [0.05, 0.1) is 18.5 Å². The molecule has 21 heavy (non-hydrogen) atoms. The highest BCUT2D eigenvalue weighted by atomic mass is 32.2. The number of thioether (sulfide) groups is 1. The molecular formula is C13H12N6OS. The van der Waals surface area contributed by atoms with Gasteiger partial charge in [0.15, 0.2) is 5.17 Å². The van der Waals surface area contributed by atoms with Crippen molar-refractivity contribution in [1.82, 2.24) is 20.1 Å². The van der Waals surface area contributed by atoms with E-state index < -0.39 is 0 Å². The highest BCUT2D eigenvalue weighted by molar-refractivity contribution is 8.15. The third kappa shape index (κ3) is 3.76. The fourth-order valence-corrected chi connectivity index (χ4v) is 2.43. The first-order chi connectivity index (χ1) is 10.3. The number of nitrogens with zero attached hydrogens (tertiary/aromatic N) is 5. The Morgan fingerprint density at radius 2 is 2.43 bits per heavy atom. The van der Waals surface area contributed by atoms with E-state index in [0.717, 1.165) is 11.1 Å². The highest BCUT2D eigenvalue weighted by Gasteiger charge is 2.15. The van der Waals surface area contributed by atoms with E-state index in [9.17, 15) is 4.79 Å². The average molecular weight is 300 g/mol. The number of carbonyl (C=O) groups is 1. The quantitative estimate of drug-likeness (QED) is 0.671. The first-order valence-electron chi connectivity index (χ1n) is 6.24. The molecule has 1 fully saturated rings. The van der Waals surface area contributed by atoms with Gasteiger partial charge >= 0.3 is 0 Å². The zero-order valence-corrected chi connectivity index (χ0v) is 11.8. The Balaban J connectivity index is 1.67. The van der Waals surface area contributed by atoms with Crippen LogP contribution in [0.4, 0.5) is 0 Å². The van der Waals surface area contributed by atoms with Crippen molar-refractivity contribution in [2.45, 2.75) is 6.54 Å². The fraction of sp³-hybridized carbons (Fsp3) is 0.154. The maximum absolute atomic E-state index is 11.0. The molecule has 0 radical (unpaired) electrons. The molecule has 0 bridgehead atoms. The molecule has 8 heteroatoms. The Kier molecular flexibility index (Phi) is 4.06. The minimum absolute atomic E-state index is 0.0382. The van der Waals surface area contributed by atoms with E-state index in [1.165, 1.54) is 18.1 Å². The fourth-order valence-electron chi connectivity index (χ4n) is 1.80. The molecule has 1 amide bonds. The van der Waals surface area contributed by atoms with Crippen LogP contribution in [0.3, 0.4) is 0 Å². The Hall–Kier alpha value is -2.48. The summed E-state index contributed by atoms with van der Waals surface area (Å²) in [4.78, 5) is 14.9. The number of amides is 1. The molecule has 106 valence electrons. The van der Waals surface area contributed by atoms with Crippen molar-refractivity contribution < 1.29 is 4.79 Å². The number of rotatable bonds is 4. The summed E-state index contributed by atoms with van der Waals surface area (Å²) >= 11 is 1.35. The van der Waals surface area contributed by atoms with Crippen LogP contribution in [-0.4, -0.2) is 37.8 Å². The van der Waals surface area contributed by atoms with Crippen LogP contribution in [0.1, 0.15) is 11.1 Å². The van der Waals surface area contributed by atoms with E-state index >= 15 is 0 Å². The van der Waals surface area contributed by atoms with Gasteiger partial charge < -0.3 is 5.32 Å². The molecule has 0 unspecified atom stereocenters.